The van der Waals surface area contributed by atoms with E-state index in [1.807, 2.05) is 6.92 Å². The van der Waals surface area contributed by atoms with E-state index in [1.54, 1.807) is 0 Å². The lowest BCUT2D eigenvalue weighted by Gasteiger charge is -2.24. The highest BCUT2D eigenvalue weighted by atomic mass is 16.4. The molecule has 1 amide bonds. The maximum atomic E-state index is 11.9. The highest BCUT2D eigenvalue weighted by Gasteiger charge is 2.20. The van der Waals surface area contributed by atoms with Crippen molar-refractivity contribution in [2.24, 2.45) is 22.2 Å². The van der Waals surface area contributed by atoms with Gasteiger partial charge in [-0.25, -0.2) is 0 Å². The normalized spacial score (nSPS) is 15.9. The van der Waals surface area contributed by atoms with Crippen LogP contribution in [0.25, 0.3) is 0 Å². The van der Waals surface area contributed by atoms with Crippen molar-refractivity contribution in [1.82, 2.24) is 5.32 Å². The zero-order valence-electron chi connectivity index (χ0n) is 12.9. The van der Waals surface area contributed by atoms with Crippen molar-refractivity contribution >= 4 is 11.7 Å². The van der Waals surface area contributed by atoms with Gasteiger partial charge in [0.15, 0.2) is 5.84 Å². The van der Waals surface area contributed by atoms with E-state index in [1.165, 1.54) is 0 Å². The van der Waals surface area contributed by atoms with Gasteiger partial charge in [0, 0.05) is 6.42 Å². The highest BCUT2D eigenvalue weighted by Crippen LogP contribution is 2.25. The van der Waals surface area contributed by atoms with Crippen molar-refractivity contribution in [3.8, 4) is 0 Å². The molecule has 112 valence electrons. The van der Waals surface area contributed by atoms with Gasteiger partial charge in [-0.2, -0.15) is 0 Å². The van der Waals surface area contributed by atoms with E-state index >= 15 is 0 Å². The number of amidine groups is 1. The van der Waals surface area contributed by atoms with Crippen molar-refractivity contribution in [2.75, 3.05) is 0 Å². The molecule has 2 atom stereocenters. The quantitative estimate of drug-likeness (QED) is 0.288. The monoisotopic (exact) mass is 271 g/mol. The van der Waals surface area contributed by atoms with Gasteiger partial charge < -0.3 is 16.3 Å². The number of nitrogens with zero attached hydrogens (tertiary/aromatic N) is 1. The summed E-state index contributed by atoms with van der Waals surface area (Å²) in [6, 6.07) is -0.371. The molecule has 0 heterocycles. The molecule has 5 nitrogen and oxygen atoms in total. The summed E-state index contributed by atoms with van der Waals surface area (Å²) in [6.07, 6.45) is 2.99. The lowest BCUT2D eigenvalue weighted by atomic mass is 9.84. The molecule has 0 saturated heterocycles. The Morgan fingerprint density at radius 3 is 2.42 bits per heavy atom. The summed E-state index contributed by atoms with van der Waals surface area (Å²) < 4.78 is 0. The number of amides is 1. The Balaban J connectivity index is 4.34. The van der Waals surface area contributed by atoms with Gasteiger partial charge in [-0.3, -0.25) is 4.79 Å². The molecule has 0 fully saturated rings. The van der Waals surface area contributed by atoms with E-state index in [-0.39, 0.29) is 23.2 Å². The number of hydrogen-bond donors (Lipinski definition) is 3. The van der Waals surface area contributed by atoms with E-state index in [4.69, 9.17) is 10.9 Å². The maximum absolute atomic E-state index is 11.9. The summed E-state index contributed by atoms with van der Waals surface area (Å²) in [6.45, 7) is 10.6. The average molecular weight is 271 g/mol. The zero-order chi connectivity index (χ0) is 15.1. The van der Waals surface area contributed by atoms with Gasteiger partial charge in [0.1, 0.15) is 0 Å². The fourth-order valence-electron chi connectivity index (χ4n) is 2.34. The van der Waals surface area contributed by atoms with Crippen LogP contribution in [0.2, 0.25) is 0 Å². The number of nitrogens with one attached hydrogen (secondary N) is 1. The summed E-state index contributed by atoms with van der Waals surface area (Å²) in [5.41, 5.74) is 5.79. The molecule has 0 spiro atoms. The first-order valence-electron chi connectivity index (χ1n) is 6.96. The Bertz CT molecular complexity index is 308. The third kappa shape index (κ3) is 8.46. The van der Waals surface area contributed by atoms with E-state index in [0.29, 0.717) is 18.8 Å². The minimum atomic E-state index is -0.371. The Hall–Kier alpha value is -1.26. The van der Waals surface area contributed by atoms with Crippen LogP contribution in [0.5, 0.6) is 0 Å². The number of rotatable bonds is 7. The first-order valence-corrected chi connectivity index (χ1v) is 6.96. The molecule has 4 N–H and O–H groups in total. The van der Waals surface area contributed by atoms with Gasteiger partial charge in [0.25, 0.3) is 0 Å². The zero-order valence-corrected chi connectivity index (χ0v) is 12.9. The largest absolute Gasteiger partial charge is 0.409 e. The van der Waals surface area contributed by atoms with E-state index < -0.39 is 0 Å². The summed E-state index contributed by atoms with van der Waals surface area (Å²) in [5.74, 6) is 0.343. The van der Waals surface area contributed by atoms with Crippen LogP contribution in [0, 0.1) is 11.3 Å². The summed E-state index contributed by atoms with van der Waals surface area (Å²) in [4.78, 5) is 11.9. The predicted octanol–water partition coefficient (Wildman–Crippen LogP) is 2.48. The number of hydrogen-bond acceptors (Lipinski definition) is 3. The molecule has 0 aliphatic heterocycles. The first-order chi connectivity index (χ1) is 8.69. The molecular formula is C14H29N3O2. The molecule has 0 aromatic rings. The number of carbonyl (C=O) groups excluding carboxylic acids is 1. The van der Waals surface area contributed by atoms with Crippen molar-refractivity contribution in [2.45, 2.75) is 66.3 Å². The second kappa shape index (κ2) is 8.02. The fraction of sp³-hybridized carbons (Fsp3) is 0.857. The van der Waals surface area contributed by atoms with Crippen LogP contribution in [0.3, 0.4) is 0 Å². The Morgan fingerprint density at radius 1 is 1.42 bits per heavy atom. The van der Waals surface area contributed by atoms with Gasteiger partial charge in [0.2, 0.25) is 5.91 Å². The van der Waals surface area contributed by atoms with Crippen molar-refractivity contribution < 1.29 is 10.0 Å². The minimum Gasteiger partial charge on any atom is -0.409 e. The molecule has 0 saturated carbocycles. The molecule has 19 heavy (non-hydrogen) atoms. The molecule has 0 aliphatic rings. The molecule has 0 aliphatic carbocycles. The van der Waals surface area contributed by atoms with Crippen molar-refractivity contribution in [3.05, 3.63) is 0 Å². The third-order valence-electron chi connectivity index (χ3n) is 2.88. The fourth-order valence-corrected chi connectivity index (χ4v) is 2.34. The summed E-state index contributed by atoms with van der Waals surface area (Å²) >= 11 is 0. The van der Waals surface area contributed by atoms with Crippen molar-refractivity contribution in [1.29, 1.82) is 0 Å². The van der Waals surface area contributed by atoms with E-state index in [0.717, 1.165) is 12.8 Å². The van der Waals surface area contributed by atoms with Crippen LogP contribution >= 0.6 is 0 Å². The average Bonchev–Trinajstić information content (AvgIpc) is 2.24. The van der Waals surface area contributed by atoms with E-state index in [2.05, 4.69) is 38.2 Å². The van der Waals surface area contributed by atoms with Crippen LogP contribution in [-0.4, -0.2) is 23.0 Å². The van der Waals surface area contributed by atoms with Crippen LogP contribution in [0.15, 0.2) is 5.16 Å². The molecule has 0 bridgehead atoms. The Morgan fingerprint density at radius 2 is 2.00 bits per heavy atom. The van der Waals surface area contributed by atoms with E-state index in [9.17, 15) is 4.79 Å². The van der Waals surface area contributed by atoms with Gasteiger partial charge in [-0.15, -0.1) is 0 Å². The lowest BCUT2D eigenvalue weighted by Crippen LogP contribution is -2.44. The molecule has 2 unspecified atom stereocenters. The Kier molecular flexibility index (Phi) is 7.49. The second-order valence-corrected chi connectivity index (χ2v) is 6.51. The standard InChI is InChI=1S/C14H29N3O2/c1-6-7-11(13(15)17-19)16-12(18)8-10(2)9-14(3,4)5/h10-11,19H,6-9H2,1-5H3,(H2,15,17)(H,16,18). The number of carbonyl (C=O) groups is 1. The molecule has 0 rings (SSSR count). The lowest BCUT2D eigenvalue weighted by molar-refractivity contribution is -0.122. The Labute approximate surface area is 116 Å². The van der Waals surface area contributed by atoms with Gasteiger partial charge >= 0.3 is 0 Å². The second-order valence-electron chi connectivity index (χ2n) is 6.51. The van der Waals surface area contributed by atoms with Gasteiger partial charge in [-0.1, -0.05) is 46.2 Å². The van der Waals surface area contributed by atoms with Gasteiger partial charge in [0.05, 0.1) is 6.04 Å². The summed E-state index contributed by atoms with van der Waals surface area (Å²) in [7, 11) is 0. The molecule has 5 heteroatoms. The molecule has 0 aromatic carbocycles. The SMILES string of the molecule is CCCC(NC(=O)CC(C)CC(C)(C)C)/C(N)=N/O. The predicted molar refractivity (Wildman–Crippen MR) is 78.1 cm³/mol. The molecule has 0 radical (unpaired) electrons. The van der Waals surface area contributed by atoms with Crippen LogP contribution in [-0.2, 0) is 4.79 Å². The third-order valence-corrected chi connectivity index (χ3v) is 2.88. The minimum absolute atomic E-state index is 0.0400. The number of nitrogens with two attached hydrogens (primary N) is 1. The highest BCUT2D eigenvalue weighted by molar-refractivity contribution is 5.89. The molecular weight excluding hydrogens is 242 g/mol. The summed E-state index contributed by atoms with van der Waals surface area (Å²) in [5, 5.41) is 14.5. The maximum Gasteiger partial charge on any atom is 0.220 e. The smallest absolute Gasteiger partial charge is 0.220 e. The van der Waals surface area contributed by atoms with Crippen molar-refractivity contribution in [3.63, 3.8) is 0 Å². The number of oxime groups is 1. The van der Waals surface area contributed by atoms with Crippen LogP contribution < -0.4 is 11.1 Å². The topological polar surface area (TPSA) is 87.7 Å². The van der Waals surface area contributed by atoms with Crippen LogP contribution in [0.4, 0.5) is 0 Å². The first kappa shape index (κ1) is 17.7. The molecule has 0 aromatic heterocycles. The van der Waals surface area contributed by atoms with Crippen LogP contribution in [0.1, 0.15) is 60.3 Å². The van der Waals surface area contributed by atoms with Gasteiger partial charge in [-0.05, 0) is 24.2 Å².